The van der Waals surface area contributed by atoms with E-state index in [0.29, 0.717) is 11.3 Å². The Morgan fingerprint density at radius 1 is 1.48 bits per heavy atom. The first-order chi connectivity index (χ1) is 9.67. The van der Waals surface area contributed by atoms with E-state index in [2.05, 4.69) is 0 Å². The Labute approximate surface area is 125 Å². The number of nitrogen functional groups attached to an aromatic ring is 1. The molecule has 1 aromatic rings. The third-order valence-electron chi connectivity index (χ3n) is 3.60. The fourth-order valence-corrected chi connectivity index (χ4v) is 4.45. The summed E-state index contributed by atoms with van der Waals surface area (Å²) in [7, 11) is -3.67. The number of benzene rings is 1. The summed E-state index contributed by atoms with van der Waals surface area (Å²) in [5.74, 6) is 0. The molecule has 7 heteroatoms. The molecule has 1 aliphatic heterocycles. The predicted octanol–water partition coefficient (Wildman–Crippen LogP) is 0.738. The van der Waals surface area contributed by atoms with Gasteiger partial charge in [0.25, 0.3) is 0 Å². The van der Waals surface area contributed by atoms with Crippen molar-refractivity contribution in [3.63, 3.8) is 0 Å². The maximum absolute atomic E-state index is 12.8. The Morgan fingerprint density at radius 3 is 2.76 bits per heavy atom. The molecule has 6 nitrogen and oxygen atoms in total. The number of morpholine rings is 1. The highest BCUT2D eigenvalue weighted by Gasteiger charge is 2.39. The van der Waals surface area contributed by atoms with Gasteiger partial charge < -0.3 is 15.6 Å². The quantitative estimate of drug-likeness (QED) is 0.803. The van der Waals surface area contributed by atoms with Gasteiger partial charge in [-0.1, -0.05) is 6.07 Å². The molecule has 0 spiro atoms. The highest BCUT2D eigenvalue weighted by atomic mass is 32.2. The second kappa shape index (κ2) is 5.57. The van der Waals surface area contributed by atoms with Gasteiger partial charge >= 0.3 is 0 Å². The molecule has 1 aromatic carbocycles. The molecule has 1 fully saturated rings. The molecule has 1 saturated heterocycles. The number of sulfonamides is 1. The first kappa shape index (κ1) is 16.2. The molecule has 3 N–H and O–H groups in total. The summed E-state index contributed by atoms with van der Waals surface area (Å²) in [5.41, 5.74) is 6.15. The molecule has 1 unspecified atom stereocenters. The van der Waals surface area contributed by atoms with Crippen LogP contribution in [0.5, 0.6) is 0 Å². The molecule has 0 aromatic heterocycles. The third-order valence-corrected chi connectivity index (χ3v) is 5.55. The zero-order chi connectivity index (χ0) is 15.8. The van der Waals surface area contributed by atoms with Crippen molar-refractivity contribution in [2.24, 2.45) is 0 Å². The molecular weight excluding hydrogens is 292 g/mol. The molecule has 1 aliphatic rings. The van der Waals surface area contributed by atoms with E-state index >= 15 is 0 Å². The van der Waals surface area contributed by atoms with Crippen molar-refractivity contribution in [2.45, 2.75) is 37.4 Å². The lowest BCUT2D eigenvalue weighted by Crippen LogP contribution is -2.55. The second-order valence-corrected chi connectivity index (χ2v) is 7.86. The summed E-state index contributed by atoms with van der Waals surface area (Å²) in [6.07, 6.45) is -0.523. The van der Waals surface area contributed by atoms with Crippen LogP contribution in [0.15, 0.2) is 23.1 Å². The number of hydrogen-bond acceptors (Lipinski definition) is 5. The molecule has 21 heavy (non-hydrogen) atoms. The van der Waals surface area contributed by atoms with Crippen LogP contribution in [0.4, 0.5) is 5.69 Å². The maximum Gasteiger partial charge on any atom is 0.243 e. The number of ether oxygens (including phenoxy) is 1. The summed E-state index contributed by atoms with van der Waals surface area (Å²) in [5, 5.41) is 9.31. The molecule has 0 aliphatic carbocycles. The van der Waals surface area contributed by atoms with Gasteiger partial charge in [0.2, 0.25) is 10.0 Å². The normalized spacial score (nSPS) is 23.1. The summed E-state index contributed by atoms with van der Waals surface area (Å²) in [6.45, 7) is 5.46. The van der Waals surface area contributed by atoms with Crippen molar-refractivity contribution in [2.75, 3.05) is 25.4 Å². The minimum atomic E-state index is -3.67. The van der Waals surface area contributed by atoms with Crippen molar-refractivity contribution in [3.8, 4) is 0 Å². The minimum absolute atomic E-state index is 0.135. The van der Waals surface area contributed by atoms with Crippen LogP contribution in [0.1, 0.15) is 19.4 Å². The maximum atomic E-state index is 12.8. The van der Waals surface area contributed by atoms with Gasteiger partial charge in [0.1, 0.15) is 0 Å². The lowest BCUT2D eigenvalue weighted by molar-refractivity contribution is -0.131. The van der Waals surface area contributed by atoms with Crippen molar-refractivity contribution in [3.05, 3.63) is 23.8 Å². The van der Waals surface area contributed by atoms with Gasteiger partial charge in [-0.05, 0) is 38.5 Å². The average molecular weight is 314 g/mol. The summed E-state index contributed by atoms with van der Waals surface area (Å²) in [6, 6.07) is 4.86. The van der Waals surface area contributed by atoms with Gasteiger partial charge in [0.15, 0.2) is 0 Å². The summed E-state index contributed by atoms with van der Waals surface area (Å²) in [4.78, 5) is 0.205. The van der Waals surface area contributed by atoms with Gasteiger partial charge in [0.05, 0.1) is 23.2 Å². The predicted molar refractivity (Wildman–Crippen MR) is 80.4 cm³/mol. The monoisotopic (exact) mass is 314 g/mol. The van der Waals surface area contributed by atoms with Gasteiger partial charge in [-0.2, -0.15) is 4.31 Å². The van der Waals surface area contributed by atoms with Crippen LogP contribution >= 0.6 is 0 Å². The van der Waals surface area contributed by atoms with E-state index in [4.69, 9.17) is 10.5 Å². The molecule has 1 atom stereocenters. The highest BCUT2D eigenvalue weighted by molar-refractivity contribution is 7.89. The Balaban J connectivity index is 2.41. The third kappa shape index (κ3) is 3.21. The number of hydrogen-bond donors (Lipinski definition) is 2. The van der Waals surface area contributed by atoms with E-state index in [1.165, 1.54) is 4.31 Å². The lowest BCUT2D eigenvalue weighted by Gasteiger charge is -2.41. The average Bonchev–Trinajstić information content (AvgIpc) is 2.39. The van der Waals surface area contributed by atoms with Crippen LogP contribution in [0, 0.1) is 6.92 Å². The Morgan fingerprint density at radius 2 is 2.14 bits per heavy atom. The number of aliphatic hydroxyl groups excluding tert-OH is 1. The fraction of sp³-hybridized carbons (Fsp3) is 0.571. The van der Waals surface area contributed by atoms with Crippen molar-refractivity contribution in [1.29, 1.82) is 0 Å². The number of rotatable bonds is 3. The smallest absolute Gasteiger partial charge is 0.243 e. The second-order valence-electron chi connectivity index (χ2n) is 5.95. The SMILES string of the molecule is Cc1c(N)cccc1S(=O)(=O)N1CC(CO)OC(C)(C)C1. The van der Waals surface area contributed by atoms with Gasteiger partial charge in [-0.3, -0.25) is 0 Å². The number of aliphatic hydroxyl groups is 1. The Hall–Kier alpha value is -1.15. The lowest BCUT2D eigenvalue weighted by atomic mass is 10.1. The number of anilines is 1. The standard InChI is InChI=1S/C14H22N2O4S/c1-10-12(15)5-4-6-13(10)21(18,19)16-7-11(8-17)20-14(2,3)9-16/h4-6,11,17H,7-9,15H2,1-3H3. The molecule has 0 bridgehead atoms. The van der Waals surface area contributed by atoms with Crippen molar-refractivity contribution >= 4 is 15.7 Å². The molecule has 0 saturated carbocycles. The number of nitrogens with two attached hydrogens (primary N) is 1. The first-order valence-corrected chi connectivity index (χ1v) is 8.25. The zero-order valence-corrected chi connectivity index (χ0v) is 13.4. The minimum Gasteiger partial charge on any atom is -0.398 e. The van der Waals surface area contributed by atoms with E-state index in [0.717, 1.165) is 0 Å². The van der Waals surface area contributed by atoms with Crippen LogP contribution in [-0.2, 0) is 14.8 Å². The zero-order valence-electron chi connectivity index (χ0n) is 12.5. The fourth-order valence-electron chi connectivity index (χ4n) is 2.57. The van der Waals surface area contributed by atoms with Crippen LogP contribution in [0.25, 0.3) is 0 Å². The van der Waals surface area contributed by atoms with Crippen LogP contribution in [0.3, 0.4) is 0 Å². The van der Waals surface area contributed by atoms with E-state index in [9.17, 15) is 13.5 Å². The molecule has 2 rings (SSSR count). The summed E-state index contributed by atoms with van der Waals surface area (Å²) >= 11 is 0. The van der Waals surface area contributed by atoms with Crippen LogP contribution in [0.2, 0.25) is 0 Å². The molecule has 0 radical (unpaired) electrons. The van der Waals surface area contributed by atoms with E-state index in [1.807, 2.05) is 13.8 Å². The van der Waals surface area contributed by atoms with Crippen LogP contribution in [-0.4, -0.2) is 49.2 Å². The van der Waals surface area contributed by atoms with Gasteiger partial charge in [-0.25, -0.2) is 8.42 Å². The molecule has 118 valence electrons. The first-order valence-electron chi connectivity index (χ1n) is 6.81. The molecule has 1 heterocycles. The van der Waals surface area contributed by atoms with Crippen molar-refractivity contribution in [1.82, 2.24) is 4.31 Å². The van der Waals surface area contributed by atoms with E-state index in [-0.39, 0.29) is 24.6 Å². The van der Waals surface area contributed by atoms with E-state index in [1.54, 1.807) is 25.1 Å². The Kier molecular flexibility index (Phi) is 4.30. The van der Waals surface area contributed by atoms with Crippen LogP contribution < -0.4 is 5.73 Å². The summed E-state index contributed by atoms with van der Waals surface area (Å²) < 4.78 is 32.7. The van der Waals surface area contributed by atoms with E-state index < -0.39 is 21.7 Å². The molecular formula is C14H22N2O4S. The largest absolute Gasteiger partial charge is 0.398 e. The van der Waals surface area contributed by atoms with Gasteiger partial charge in [0, 0.05) is 18.8 Å². The number of nitrogens with zero attached hydrogens (tertiary/aromatic N) is 1. The topological polar surface area (TPSA) is 92.9 Å². The van der Waals surface area contributed by atoms with Crippen molar-refractivity contribution < 1.29 is 18.3 Å². The molecule has 0 amide bonds. The van der Waals surface area contributed by atoms with Gasteiger partial charge in [-0.15, -0.1) is 0 Å². The highest BCUT2D eigenvalue weighted by Crippen LogP contribution is 2.29. The Bertz CT molecular complexity index is 628.